The van der Waals surface area contributed by atoms with Crippen LogP contribution in [0.1, 0.15) is 59.6 Å². The van der Waals surface area contributed by atoms with Gasteiger partial charge in [0.05, 0.1) is 16.8 Å². The Morgan fingerprint density at radius 1 is 1.24 bits per heavy atom. The Kier molecular flexibility index (Phi) is 4.94. The van der Waals surface area contributed by atoms with Crippen LogP contribution in [0.25, 0.3) is 0 Å². The predicted molar refractivity (Wildman–Crippen MR) is 97.3 cm³/mol. The number of amides is 1. The van der Waals surface area contributed by atoms with Gasteiger partial charge in [0.25, 0.3) is 5.91 Å². The number of rotatable bonds is 4. The van der Waals surface area contributed by atoms with Crippen molar-refractivity contribution in [2.24, 2.45) is 0 Å². The van der Waals surface area contributed by atoms with Crippen LogP contribution >= 0.6 is 11.3 Å². The van der Waals surface area contributed by atoms with Gasteiger partial charge in [0.15, 0.2) is 5.54 Å². The zero-order valence-corrected chi connectivity index (χ0v) is 15.4. The number of carboxylic acid groups (broad SMARTS) is 1. The first kappa shape index (κ1) is 17.7. The number of hydrogen-bond acceptors (Lipinski definition) is 4. The predicted octanol–water partition coefficient (Wildman–Crippen LogP) is 3.68. The molecule has 0 radical (unpaired) electrons. The van der Waals surface area contributed by atoms with E-state index in [-0.39, 0.29) is 5.91 Å². The number of hydrogen-bond donors (Lipinski definition) is 2. The molecule has 7 heteroatoms. The first-order valence-corrected chi connectivity index (χ1v) is 9.41. The maximum atomic E-state index is 12.5. The van der Waals surface area contributed by atoms with E-state index < -0.39 is 11.5 Å². The molecular formula is C18H23N3O3S. The minimum Gasteiger partial charge on any atom is -0.479 e. The fourth-order valence-corrected chi connectivity index (χ4v) is 4.09. The molecule has 0 unspecified atom stereocenters. The zero-order chi connectivity index (χ0) is 18.0. The number of carbonyl (C=O) groups is 2. The Hall–Kier alpha value is -2.15. The standard InChI is InChI=1S/C18H23N3O3S/c1-18(2,17(23)24)21-11-13(10-19-21)20-16(22)15-9-12-7-5-3-4-6-8-14(12)25-15/h9-11H,3-8H2,1-2H3,(H,20,22)(H,23,24). The van der Waals surface area contributed by atoms with Crippen molar-refractivity contribution >= 4 is 28.9 Å². The van der Waals surface area contributed by atoms with E-state index in [1.165, 1.54) is 47.0 Å². The normalized spacial score (nSPS) is 15.1. The molecule has 3 rings (SSSR count). The molecule has 2 aromatic heterocycles. The third-order valence-corrected chi connectivity index (χ3v) is 5.89. The van der Waals surface area contributed by atoms with E-state index in [1.54, 1.807) is 31.4 Å². The van der Waals surface area contributed by atoms with Crippen molar-refractivity contribution < 1.29 is 14.7 Å². The third kappa shape index (κ3) is 3.76. The minimum absolute atomic E-state index is 0.163. The van der Waals surface area contributed by atoms with Crippen molar-refractivity contribution in [1.29, 1.82) is 0 Å². The van der Waals surface area contributed by atoms with Crippen molar-refractivity contribution in [3.8, 4) is 0 Å². The van der Waals surface area contributed by atoms with Crippen molar-refractivity contribution in [3.05, 3.63) is 33.8 Å². The second kappa shape index (κ2) is 7.00. The number of aryl methyl sites for hydroxylation is 2. The van der Waals surface area contributed by atoms with E-state index in [4.69, 9.17) is 0 Å². The lowest BCUT2D eigenvalue weighted by atomic mass is 10.00. The Labute approximate surface area is 150 Å². The molecule has 2 heterocycles. The maximum Gasteiger partial charge on any atom is 0.331 e. The SMILES string of the molecule is CC(C)(C(=O)O)n1cc(NC(=O)c2cc3c(s2)CCCCCC3)cn1. The second-order valence-corrected chi connectivity index (χ2v) is 8.10. The fraction of sp³-hybridized carbons (Fsp3) is 0.500. The van der Waals surface area contributed by atoms with Crippen molar-refractivity contribution in [2.45, 2.75) is 57.9 Å². The molecule has 6 nitrogen and oxygen atoms in total. The van der Waals surface area contributed by atoms with Gasteiger partial charge in [-0.1, -0.05) is 12.8 Å². The molecule has 1 amide bonds. The van der Waals surface area contributed by atoms with Crippen molar-refractivity contribution in [3.63, 3.8) is 0 Å². The highest BCUT2D eigenvalue weighted by Crippen LogP contribution is 2.29. The van der Waals surface area contributed by atoms with E-state index in [2.05, 4.69) is 10.4 Å². The van der Waals surface area contributed by atoms with Gasteiger partial charge in [-0.25, -0.2) is 4.79 Å². The van der Waals surface area contributed by atoms with Crippen LogP contribution in [-0.4, -0.2) is 26.8 Å². The Bertz CT molecular complexity index is 766. The number of anilines is 1. The fourth-order valence-electron chi connectivity index (χ4n) is 2.94. The number of fused-ring (bicyclic) bond motifs is 1. The van der Waals surface area contributed by atoms with Crippen LogP contribution in [0.3, 0.4) is 0 Å². The molecule has 134 valence electrons. The van der Waals surface area contributed by atoms with E-state index in [9.17, 15) is 14.7 Å². The molecule has 0 spiro atoms. The van der Waals surface area contributed by atoms with Gasteiger partial charge in [-0.3, -0.25) is 9.48 Å². The summed E-state index contributed by atoms with van der Waals surface area (Å²) >= 11 is 1.57. The average Bonchev–Trinajstić information content (AvgIpc) is 3.14. The Morgan fingerprint density at radius 3 is 2.68 bits per heavy atom. The Morgan fingerprint density at radius 2 is 1.96 bits per heavy atom. The molecule has 0 fully saturated rings. The highest BCUT2D eigenvalue weighted by Gasteiger charge is 2.30. The van der Waals surface area contributed by atoms with Gasteiger partial charge < -0.3 is 10.4 Å². The van der Waals surface area contributed by atoms with Gasteiger partial charge >= 0.3 is 5.97 Å². The number of aromatic nitrogens is 2. The summed E-state index contributed by atoms with van der Waals surface area (Å²) in [6.45, 7) is 3.13. The number of nitrogens with one attached hydrogen (secondary N) is 1. The quantitative estimate of drug-likeness (QED) is 0.870. The smallest absolute Gasteiger partial charge is 0.331 e. The lowest BCUT2D eigenvalue weighted by molar-refractivity contribution is -0.146. The van der Waals surface area contributed by atoms with E-state index in [0.29, 0.717) is 10.6 Å². The summed E-state index contributed by atoms with van der Waals surface area (Å²) in [5.74, 6) is -1.14. The van der Waals surface area contributed by atoms with Crippen LogP contribution in [0, 0.1) is 0 Å². The topological polar surface area (TPSA) is 84.2 Å². The first-order chi connectivity index (χ1) is 11.9. The number of thiophene rings is 1. The second-order valence-electron chi connectivity index (χ2n) is 6.97. The number of aliphatic carboxylic acids is 1. The summed E-state index contributed by atoms with van der Waals surface area (Å²) in [5, 5.41) is 16.2. The summed E-state index contributed by atoms with van der Waals surface area (Å²) < 4.78 is 1.35. The molecule has 0 saturated carbocycles. The molecular weight excluding hydrogens is 338 g/mol. The maximum absolute atomic E-state index is 12.5. The first-order valence-electron chi connectivity index (χ1n) is 8.59. The third-order valence-electron chi connectivity index (χ3n) is 4.66. The van der Waals surface area contributed by atoms with Crippen LogP contribution in [0.15, 0.2) is 18.5 Å². The van der Waals surface area contributed by atoms with Crippen molar-refractivity contribution in [2.75, 3.05) is 5.32 Å². The molecule has 0 saturated heterocycles. The lowest BCUT2D eigenvalue weighted by Gasteiger charge is -2.19. The molecule has 1 aliphatic rings. The monoisotopic (exact) mass is 361 g/mol. The van der Waals surface area contributed by atoms with Gasteiger partial charge in [-0.15, -0.1) is 11.3 Å². The molecule has 0 aliphatic heterocycles. The molecule has 1 aliphatic carbocycles. The zero-order valence-electron chi connectivity index (χ0n) is 14.5. The summed E-state index contributed by atoms with van der Waals surface area (Å²) in [4.78, 5) is 25.9. The summed E-state index contributed by atoms with van der Waals surface area (Å²) in [6.07, 6.45) is 10.0. The van der Waals surface area contributed by atoms with Crippen LogP contribution < -0.4 is 5.32 Å². The van der Waals surface area contributed by atoms with E-state index in [0.717, 1.165) is 12.8 Å². The molecule has 0 aromatic carbocycles. The van der Waals surface area contributed by atoms with Gasteiger partial charge in [0.1, 0.15) is 0 Å². The highest BCUT2D eigenvalue weighted by molar-refractivity contribution is 7.14. The van der Waals surface area contributed by atoms with Gasteiger partial charge in [-0.05, 0) is 51.2 Å². The van der Waals surface area contributed by atoms with E-state index in [1.807, 2.05) is 6.07 Å². The number of carboxylic acids is 1. The van der Waals surface area contributed by atoms with Crippen LogP contribution in [0.2, 0.25) is 0 Å². The number of nitrogens with zero attached hydrogens (tertiary/aromatic N) is 2. The largest absolute Gasteiger partial charge is 0.479 e. The average molecular weight is 361 g/mol. The van der Waals surface area contributed by atoms with Crippen LogP contribution in [0.5, 0.6) is 0 Å². The van der Waals surface area contributed by atoms with Crippen LogP contribution in [0.4, 0.5) is 5.69 Å². The summed E-state index contributed by atoms with van der Waals surface area (Å²) in [6, 6.07) is 2.01. The Balaban J connectivity index is 1.74. The lowest BCUT2D eigenvalue weighted by Crippen LogP contribution is -2.35. The summed E-state index contributed by atoms with van der Waals surface area (Å²) in [7, 11) is 0. The highest BCUT2D eigenvalue weighted by atomic mass is 32.1. The number of carbonyl (C=O) groups excluding carboxylic acids is 1. The molecule has 2 N–H and O–H groups in total. The van der Waals surface area contributed by atoms with E-state index >= 15 is 0 Å². The summed E-state index contributed by atoms with van der Waals surface area (Å²) in [5.41, 5.74) is 0.638. The molecule has 0 bridgehead atoms. The van der Waals surface area contributed by atoms with Crippen molar-refractivity contribution in [1.82, 2.24) is 9.78 Å². The molecule has 25 heavy (non-hydrogen) atoms. The molecule has 2 aromatic rings. The van der Waals surface area contributed by atoms with Gasteiger partial charge in [0.2, 0.25) is 0 Å². The molecule has 0 atom stereocenters. The van der Waals surface area contributed by atoms with Crippen LogP contribution in [-0.2, 0) is 23.2 Å². The van der Waals surface area contributed by atoms with Gasteiger partial charge in [0, 0.05) is 11.1 Å². The minimum atomic E-state index is -1.17. The van der Waals surface area contributed by atoms with Gasteiger partial charge in [-0.2, -0.15) is 5.10 Å².